The summed E-state index contributed by atoms with van der Waals surface area (Å²) in [5.74, 6) is -0.424. The van der Waals surface area contributed by atoms with Crippen LogP contribution in [0.1, 0.15) is 0 Å². The minimum absolute atomic E-state index is 0.241. The van der Waals surface area contributed by atoms with E-state index in [0.717, 1.165) is 0 Å². The van der Waals surface area contributed by atoms with E-state index in [1.165, 1.54) is 24.3 Å². The molecular formula is C16H14FN3O3S. The van der Waals surface area contributed by atoms with Gasteiger partial charge in [0.2, 0.25) is 0 Å². The fourth-order valence-electron chi connectivity index (χ4n) is 2.39. The van der Waals surface area contributed by atoms with Crippen molar-refractivity contribution in [3.63, 3.8) is 0 Å². The van der Waals surface area contributed by atoms with Crippen LogP contribution in [0.15, 0.2) is 59.5 Å². The van der Waals surface area contributed by atoms with Crippen LogP contribution in [-0.4, -0.2) is 13.0 Å². The van der Waals surface area contributed by atoms with E-state index < -0.39 is 15.9 Å². The highest BCUT2D eigenvalue weighted by Gasteiger charge is 2.18. The van der Waals surface area contributed by atoms with Crippen LogP contribution in [0, 0.1) is 5.82 Å². The van der Waals surface area contributed by atoms with Gasteiger partial charge >= 0.3 is 0 Å². The Morgan fingerprint density at radius 2 is 1.67 bits per heavy atom. The second kappa shape index (κ2) is 5.99. The molecule has 0 spiro atoms. The van der Waals surface area contributed by atoms with Crippen molar-refractivity contribution >= 4 is 38.0 Å². The van der Waals surface area contributed by atoms with Gasteiger partial charge in [-0.3, -0.25) is 9.98 Å². The maximum absolute atomic E-state index is 13.2. The number of anilines is 3. The number of halogens is 1. The number of nitrogens with two attached hydrogens (primary N) is 1. The Labute approximate surface area is 137 Å². The Kier molecular flexibility index (Phi) is 4.00. The quantitative estimate of drug-likeness (QED) is 0.328. The molecule has 5 N–H and O–H groups in total. The summed E-state index contributed by atoms with van der Waals surface area (Å²) in [6, 6.07) is 13.5. The zero-order chi connectivity index (χ0) is 17.3. The van der Waals surface area contributed by atoms with E-state index >= 15 is 0 Å². The maximum atomic E-state index is 13.2. The molecule has 0 saturated heterocycles. The number of hydrazine groups is 1. The van der Waals surface area contributed by atoms with Gasteiger partial charge in [-0.1, -0.05) is 30.3 Å². The number of hydrogen-bond acceptors (Lipinski definition) is 5. The van der Waals surface area contributed by atoms with E-state index in [4.69, 9.17) is 5.73 Å². The van der Waals surface area contributed by atoms with Crippen LogP contribution in [0.5, 0.6) is 0 Å². The summed E-state index contributed by atoms with van der Waals surface area (Å²) in [4.78, 5) is -0.268. The lowest BCUT2D eigenvalue weighted by atomic mass is 10.1. The van der Waals surface area contributed by atoms with E-state index in [0.29, 0.717) is 22.1 Å². The van der Waals surface area contributed by atoms with Gasteiger partial charge in [-0.05, 0) is 24.3 Å². The number of nitrogens with one attached hydrogen (secondary N) is 2. The lowest BCUT2D eigenvalue weighted by Gasteiger charge is -2.15. The first-order valence-electron chi connectivity index (χ1n) is 6.92. The van der Waals surface area contributed by atoms with Gasteiger partial charge in [-0.25, -0.2) is 4.39 Å². The topological polar surface area (TPSA) is 104 Å². The minimum Gasteiger partial charge on any atom is -0.396 e. The highest BCUT2D eigenvalue weighted by atomic mass is 32.2. The summed E-state index contributed by atoms with van der Waals surface area (Å²) in [6.45, 7) is 0. The van der Waals surface area contributed by atoms with Crippen LogP contribution in [0.2, 0.25) is 0 Å². The van der Waals surface area contributed by atoms with E-state index in [1.54, 1.807) is 30.3 Å². The minimum atomic E-state index is -4.44. The molecule has 0 saturated carbocycles. The fraction of sp³-hybridized carbons (Fsp3) is 0. The summed E-state index contributed by atoms with van der Waals surface area (Å²) < 4.78 is 45.9. The van der Waals surface area contributed by atoms with E-state index in [1.807, 2.05) is 0 Å². The van der Waals surface area contributed by atoms with Gasteiger partial charge in [0, 0.05) is 10.8 Å². The fourth-order valence-corrected chi connectivity index (χ4v) is 3.11. The number of hydrogen-bond donors (Lipinski definition) is 4. The average molecular weight is 347 g/mol. The molecular weight excluding hydrogens is 333 g/mol. The first-order chi connectivity index (χ1) is 11.4. The Hall–Kier alpha value is -2.84. The molecule has 8 heteroatoms. The summed E-state index contributed by atoms with van der Waals surface area (Å²) in [5.41, 5.74) is 12.5. The number of rotatable bonds is 4. The Balaban J connectivity index is 2.06. The Morgan fingerprint density at radius 3 is 2.33 bits per heavy atom. The summed E-state index contributed by atoms with van der Waals surface area (Å²) in [6.07, 6.45) is 0. The molecule has 0 fully saturated rings. The zero-order valence-corrected chi connectivity index (χ0v) is 13.1. The molecule has 0 atom stereocenters. The Bertz CT molecular complexity index is 1020. The predicted octanol–water partition coefficient (Wildman–Crippen LogP) is 3.25. The van der Waals surface area contributed by atoms with Crippen molar-refractivity contribution in [1.29, 1.82) is 0 Å². The van der Waals surface area contributed by atoms with Crippen molar-refractivity contribution < 1.29 is 17.4 Å². The molecule has 0 radical (unpaired) electrons. The molecule has 0 aliphatic rings. The summed E-state index contributed by atoms with van der Waals surface area (Å²) in [5, 5.41) is 0.782. The van der Waals surface area contributed by atoms with Crippen molar-refractivity contribution in [1.82, 2.24) is 0 Å². The van der Waals surface area contributed by atoms with Crippen molar-refractivity contribution in [2.75, 3.05) is 16.6 Å². The lowest BCUT2D eigenvalue weighted by Crippen LogP contribution is -2.12. The van der Waals surface area contributed by atoms with Gasteiger partial charge in [-0.2, -0.15) is 8.42 Å². The van der Waals surface area contributed by atoms with Crippen LogP contribution in [-0.2, 0) is 10.1 Å². The third kappa shape index (κ3) is 3.10. The summed E-state index contributed by atoms with van der Waals surface area (Å²) >= 11 is 0. The largest absolute Gasteiger partial charge is 0.396 e. The predicted molar refractivity (Wildman–Crippen MR) is 91.8 cm³/mol. The standard InChI is InChI=1S/C16H14FN3O3S/c17-10-4-3-5-11(8-10)19-20-14-9-15(24(21,22)23)12-6-1-2-7-13(12)16(14)18/h1-9,19-20H,18H2,(H,21,22,23). The van der Waals surface area contributed by atoms with Gasteiger partial charge in [-0.15, -0.1) is 0 Å². The highest BCUT2D eigenvalue weighted by Crippen LogP contribution is 2.34. The van der Waals surface area contributed by atoms with Gasteiger partial charge in [0.05, 0.1) is 17.1 Å². The molecule has 6 nitrogen and oxygen atoms in total. The molecule has 124 valence electrons. The van der Waals surface area contributed by atoms with Crippen LogP contribution >= 0.6 is 0 Å². The van der Waals surface area contributed by atoms with Crippen LogP contribution in [0.4, 0.5) is 21.5 Å². The van der Waals surface area contributed by atoms with Crippen molar-refractivity contribution in [2.45, 2.75) is 4.90 Å². The smallest absolute Gasteiger partial charge is 0.295 e. The number of benzene rings is 3. The van der Waals surface area contributed by atoms with Crippen LogP contribution in [0.3, 0.4) is 0 Å². The summed E-state index contributed by atoms with van der Waals surface area (Å²) in [7, 11) is -4.44. The number of fused-ring (bicyclic) bond motifs is 1. The average Bonchev–Trinajstić information content (AvgIpc) is 2.53. The maximum Gasteiger partial charge on any atom is 0.295 e. The van der Waals surface area contributed by atoms with E-state index in [-0.39, 0.29) is 10.6 Å². The molecule has 0 aromatic heterocycles. The van der Waals surface area contributed by atoms with Crippen LogP contribution in [0.25, 0.3) is 10.8 Å². The van der Waals surface area contributed by atoms with E-state index in [2.05, 4.69) is 10.9 Å². The molecule has 3 rings (SSSR count). The molecule has 0 unspecified atom stereocenters. The number of nitrogen functional groups attached to an aromatic ring is 1. The van der Waals surface area contributed by atoms with Crippen molar-refractivity contribution in [3.05, 3.63) is 60.4 Å². The second-order valence-corrected chi connectivity index (χ2v) is 6.51. The van der Waals surface area contributed by atoms with Crippen molar-refractivity contribution in [2.24, 2.45) is 0 Å². The first-order valence-corrected chi connectivity index (χ1v) is 8.36. The monoisotopic (exact) mass is 347 g/mol. The molecule has 0 amide bonds. The highest BCUT2D eigenvalue weighted by molar-refractivity contribution is 7.86. The second-order valence-electron chi connectivity index (χ2n) is 5.12. The van der Waals surface area contributed by atoms with E-state index in [9.17, 15) is 17.4 Å². The SMILES string of the molecule is Nc1c(NNc2cccc(F)c2)cc(S(=O)(=O)O)c2ccccc12. The third-order valence-electron chi connectivity index (χ3n) is 3.49. The Morgan fingerprint density at radius 1 is 0.958 bits per heavy atom. The molecule has 0 aliphatic carbocycles. The van der Waals surface area contributed by atoms with Crippen LogP contribution < -0.4 is 16.6 Å². The molecule has 0 bridgehead atoms. The first kappa shape index (κ1) is 16.0. The molecule has 0 aliphatic heterocycles. The third-order valence-corrected chi connectivity index (χ3v) is 4.39. The van der Waals surface area contributed by atoms with Gasteiger partial charge in [0.15, 0.2) is 0 Å². The van der Waals surface area contributed by atoms with Gasteiger partial charge in [0.25, 0.3) is 10.1 Å². The molecule has 3 aromatic rings. The van der Waals surface area contributed by atoms with Crippen molar-refractivity contribution in [3.8, 4) is 0 Å². The molecule has 3 aromatic carbocycles. The lowest BCUT2D eigenvalue weighted by molar-refractivity contribution is 0.484. The van der Waals surface area contributed by atoms with Gasteiger partial charge in [0.1, 0.15) is 10.7 Å². The molecule has 0 heterocycles. The van der Waals surface area contributed by atoms with Gasteiger partial charge < -0.3 is 11.2 Å². The zero-order valence-electron chi connectivity index (χ0n) is 12.3. The normalized spacial score (nSPS) is 11.4. The molecule has 24 heavy (non-hydrogen) atoms.